The molecule has 0 bridgehead atoms. The number of hydrogen-bond acceptors (Lipinski definition) is 1. The highest BCUT2D eigenvalue weighted by Crippen LogP contribution is 1.84. The van der Waals surface area contributed by atoms with Crippen LogP contribution in [0, 0.1) is 0 Å². The molecule has 0 saturated carbocycles. The van der Waals surface area contributed by atoms with E-state index in [0.717, 1.165) is 0 Å². The summed E-state index contributed by atoms with van der Waals surface area (Å²) in [5.74, 6) is 0. The summed E-state index contributed by atoms with van der Waals surface area (Å²) in [6.07, 6.45) is 1.94. The Morgan fingerprint density at radius 2 is 2.17 bits per heavy atom. The van der Waals surface area contributed by atoms with E-state index in [9.17, 15) is 0 Å². The standard InChI is InChI=1S/C4H8IN/c1-4(2)3-6-5/h3,6H,1-2H3. The van der Waals surface area contributed by atoms with Gasteiger partial charge in [0.25, 0.3) is 0 Å². The lowest BCUT2D eigenvalue weighted by molar-refractivity contribution is 1.31. The molecule has 0 aliphatic rings. The minimum absolute atomic E-state index is 1.30. The largest absolute Gasteiger partial charge is 0.335 e. The van der Waals surface area contributed by atoms with Gasteiger partial charge in [0, 0.05) is 6.20 Å². The summed E-state index contributed by atoms with van der Waals surface area (Å²) in [4.78, 5) is 0. The van der Waals surface area contributed by atoms with Gasteiger partial charge in [0.1, 0.15) is 0 Å². The van der Waals surface area contributed by atoms with E-state index in [0.29, 0.717) is 0 Å². The maximum Gasteiger partial charge on any atom is 0.0555 e. The van der Waals surface area contributed by atoms with Crippen LogP contribution in [0.1, 0.15) is 13.8 Å². The van der Waals surface area contributed by atoms with Gasteiger partial charge in [-0.2, -0.15) is 0 Å². The topological polar surface area (TPSA) is 12.0 Å². The second kappa shape index (κ2) is 3.46. The fraction of sp³-hybridized carbons (Fsp3) is 0.500. The van der Waals surface area contributed by atoms with Gasteiger partial charge < -0.3 is 3.53 Å². The van der Waals surface area contributed by atoms with Crippen LogP contribution in [0.3, 0.4) is 0 Å². The van der Waals surface area contributed by atoms with Gasteiger partial charge in [-0.25, -0.2) is 0 Å². The molecule has 0 aromatic heterocycles. The molecule has 0 aliphatic carbocycles. The van der Waals surface area contributed by atoms with Gasteiger partial charge in [0.15, 0.2) is 0 Å². The molecule has 1 N–H and O–H groups in total. The number of allylic oxidation sites excluding steroid dienone is 1. The van der Waals surface area contributed by atoms with Crippen molar-refractivity contribution < 1.29 is 0 Å². The maximum atomic E-state index is 2.88. The molecule has 0 amide bonds. The fourth-order valence-corrected chi connectivity index (χ4v) is 0.732. The van der Waals surface area contributed by atoms with Gasteiger partial charge in [-0.15, -0.1) is 0 Å². The van der Waals surface area contributed by atoms with E-state index < -0.39 is 0 Å². The van der Waals surface area contributed by atoms with Crippen molar-refractivity contribution in [1.82, 2.24) is 3.53 Å². The maximum absolute atomic E-state index is 2.88. The minimum atomic E-state index is 1.30. The van der Waals surface area contributed by atoms with Crippen molar-refractivity contribution in [2.75, 3.05) is 0 Å². The third-order valence-electron chi connectivity index (χ3n) is 0.343. The molecule has 0 rings (SSSR count). The number of hydrogen-bond donors (Lipinski definition) is 1. The first-order valence-electron chi connectivity index (χ1n) is 1.77. The Kier molecular flexibility index (Phi) is 3.62. The van der Waals surface area contributed by atoms with E-state index in [-0.39, 0.29) is 0 Å². The van der Waals surface area contributed by atoms with E-state index in [2.05, 4.69) is 26.4 Å². The highest BCUT2D eigenvalue weighted by Gasteiger charge is 1.66. The highest BCUT2D eigenvalue weighted by atomic mass is 127. The average molecular weight is 197 g/mol. The molecule has 0 heterocycles. The van der Waals surface area contributed by atoms with Gasteiger partial charge in [0.05, 0.1) is 22.9 Å². The van der Waals surface area contributed by atoms with Gasteiger partial charge in [-0.1, -0.05) is 5.57 Å². The monoisotopic (exact) mass is 197 g/mol. The van der Waals surface area contributed by atoms with Crippen LogP contribution in [-0.4, -0.2) is 0 Å². The molecule has 0 aromatic carbocycles. The van der Waals surface area contributed by atoms with Gasteiger partial charge in [0.2, 0.25) is 0 Å². The van der Waals surface area contributed by atoms with Gasteiger partial charge >= 0.3 is 0 Å². The molecule has 0 radical (unpaired) electrons. The van der Waals surface area contributed by atoms with Crippen molar-refractivity contribution in [1.29, 1.82) is 0 Å². The van der Waals surface area contributed by atoms with E-state index in [1.807, 2.05) is 20.0 Å². The summed E-state index contributed by atoms with van der Waals surface area (Å²) in [6, 6.07) is 0. The molecule has 2 heteroatoms. The third-order valence-corrected chi connectivity index (χ3v) is 0.655. The Hall–Kier alpha value is 0.270. The Labute approximate surface area is 52.3 Å². The molecule has 1 nitrogen and oxygen atoms in total. The van der Waals surface area contributed by atoms with Crippen molar-refractivity contribution in [2.24, 2.45) is 0 Å². The molecule has 0 aliphatic heterocycles. The highest BCUT2D eigenvalue weighted by molar-refractivity contribution is 14.1. The predicted octanol–water partition coefficient (Wildman–Crippen LogP) is 1.85. The van der Waals surface area contributed by atoms with Crippen LogP contribution in [0.15, 0.2) is 11.8 Å². The first-order valence-corrected chi connectivity index (χ1v) is 2.85. The number of nitrogens with one attached hydrogen (secondary N) is 1. The summed E-state index contributed by atoms with van der Waals surface area (Å²) < 4.78 is 2.88. The van der Waals surface area contributed by atoms with Crippen molar-refractivity contribution in [2.45, 2.75) is 13.8 Å². The Morgan fingerprint density at radius 1 is 1.67 bits per heavy atom. The summed E-state index contributed by atoms with van der Waals surface area (Å²) in [6.45, 7) is 4.09. The van der Waals surface area contributed by atoms with Crippen molar-refractivity contribution >= 4 is 22.9 Å². The Balaban J connectivity index is 3.14. The molecule has 0 aromatic rings. The molecule has 6 heavy (non-hydrogen) atoms. The Morgan fingerprint density at radius 3 is 2.17 bits per heavy atom. The zero-order valence-corrected chi connectivity index (χ0v) is 6.11. The van der Waals surface area contributed by atoms with Crippen LogP contribution in [0.4, 0.5) is 0 Å². The second-order valence-electron chi connectivity index (χ2n) is 1.33. The van der Waals surface area contributed by atoms with Crippen LogP contribution in [-0.2, 0) is 0 Å². The molecule has 0 saturated heterocycles. The molecule has 0 unspecified atom stereocenters. The lowest BCUT2D eigenvalue weighted by atomic mass is 10.4. The number of halogens is 1. The molecule has 0 atom stereocenters. The Bertz CT molecular complexity index is 54.6. The lowest BCUT2D eigenvalue weighted by Crippen LogP contribution is -1.79. The van der Waals surface area contributed by atoms with E-state index in [4.69, 9.17) is 0 Å². The SMILES string of the molecule is CC(C)=CNI. The summed E-state index contributed by atoms with van der Waals surface area (Å²) >= 11 is 2.08. The fourth-order valence-electron chi connectivity index (χ4n) is 0.109. The van der Waals surface area contributed by atoms with Crippen LogP contribution in [0.25, 0.3) is 0 Å². The molecular weight excluding hydrogens is 189 g/mol. The first kappa shape index (κ1) is 6.27. The zero-order valence-electron chi connectivity index (χ0n) is 3.96. The zero-order chi connectivity index (χ0) is 4.99. The normalized spacial score (nSPS) is 7.17. The van der Waals surface area contributed by atoms with Crippen LogP contribution in [0.5, 0.6) is 0 Å². The summed E-state index contributed by atoms with van der Waals surface area (Å²) in [5.41, 5.74) is 1.30. The van der Waals surface area contributed by atoms with Crippen molar-refractivity contribution in [3.05, 3.63) is 11.8 Å². The van der Waals surface area contributed by atoms with E-state index in [1.54, 1.807) is 0 Å². The van der Waals surface area contributed by atoms with Crippen molar-refractivity contribution in [3.8, 4) is 0 Å². The molecule has 36 valence electrons. The molecule has 0 spiro atoms. The van der Waals surface area contributed by atoms with Crippen molar-refractivity contribution in [3.63, 3.8) is 0 Å². The smallest absolute Gasteiger partial charge is 0.0555 e. The van der Waals surface area contributed by atoms with E-state index in [1.165, 1.54) is 5.57 Å². The minimum Gasteiger partial charge on any atom is -0.335 e. The lowest BCUT2D eigenvalue weighted by Gasteiger charge is -1.82. The summed E-state index contributed by atoms with van der Waals surface area (Å²) in [7, 11) is 0. The molecule has 0 fully saturated rings. The van der Waals surface area contributed by atoms with Gasteiger partial charge in [-0.05, 0) is 13.8 Å². The van der Waals surface area contributed by atoms with Crippen LogP contribution >= 0.6 is 22.9 Å². The third kappa shape index (κ3) is 4.27. The van der Waals surface area contributed by atoms with Crippen LogP contribution in [0.2, 0.25) is 0 Å². The quantitative estimate of drug-likeness (QED) is 0.499. The second-order valence-corrected chi connectivity index (χ2v) is 1.95. The van der Waals surface area contributed by atoms with Crippen LogP contribution < -0.4 is 3.53 Å². The van der Waals surface area contributed by atoms with E-state index >= 15 is 0 Å². The number of rotatable bonds is 1. The predicted molar refractivity (Wildman–Crippen MR) is 36.6 cm³/mol. The van der Waals surface area contributed by atoms with Gasteiger partial charge in [-0.3, -0.25) is 0 Å². The molecular formula is C4H8IN. The first-order chi connectivity index (χ1) is 2.77. The average Bonchev–Trinajstić information content (AvgIpc) is 1.35. The summed E-state index contributed by atoms with van der Waals surface area (Å²) in [5, 5.41) is 0.